The Labute approximate surface area is 126 Å². The highest BCUT2D eigenvalue weighted by Gasteiger charge is 2.16. The monoisotopic (exact) mass is 311 g/mol. The van der Waals surface area contributed by atoms with Crippen molar-refractivity contribution in [3.8, 4) is 5.75 Å². The number of ether oxygens (including phenoxy) is 1. The van der Waals surface area contributed by atoms with Crippen molar-refractivity contribution in [2.24, 2.45) is 0 Å². The number of benzene rings is 2. The first-order valence-electron chi connectivity index (χ1n) is 6.66. The summed E-state index contributed by atoms with van der Waals surface area (Å²) < 4.78 is 44.5. The molecule has 3 nitrogen and oxygen atoms in total. The summed E-state index contributed by atoms with van der Waals surface area (Å²) in [6, 6.07) is 8.26. The lowest BCUT2D eigenvalue weighted by Crippen LogP contribution is -2.24. The first kappa shape index (κ1) is 16.3. The average molecular weight is 311 g/mol. The van der Waals surface area contributed by atoms with Crippen LogP contribution in [0.3, 0.4) is 0 Å². The molecule has 0 aliphatic carbocycles. The fourth-order valence-corrected chi connectivity index (χ4v) is 2.05. The number of hydrogen-bond donors (Lipinski definition) is 2. The van der Waals surface area contributed by atoms with Gasteiger partial charge in [0.1, 0.15) is 5.75 Å². The van der Waals surface area contributed by atoms with Crippen LogP contribution in [0.25, 0.3) is 0 Å². The molecule has 0 aromatic heterocycles. The number of aliphatic hydroxyl groups excluding tert-OH is 1. The van der Waals surface area contributed by atoms with Gasteiger partial charge in [-0.1, -0.05) is 12.1 Å². The van der Waals surface area contributed by atoms with E-state index in [-0.39, 0.29) is 12.2 Å². The van der Waals surface area contributed by atoms with E-state index in [4.69, 9.17) is 4.74 Å². The Hall–Kier alpha value is -2.05. The van der Waals surface area contributed by atoms with Crippen LogP contribution in [0.4, 0.5) is 13.2 Å². The lowest BCUT2D eigenvalue weighted by molar-refractivity contribution is 0.242. The highest BCUT2D eigenvalue weighted by molar-refractivity contribution is 5.27. The van der Waals surface area contributed by atoms with Crippen molar-refractivity contribution < 1.29 is 23.0 Å². The van der Waals surface area contributed by atoms with Crippen molar-refractivity contribution in [1.82, 2.24) is 5.32 Å². The number of rotatable bonds is 6. The van der Waals surface area contributed by atoms with Crippen LogP contribution < -0.4 is 10.1 Å². The van der Waals surface area contributed by atoms with Gasteiger partial charge in [0.15, 0.2) is 17.5 Å². The van der Waals surface area contributed by atoms with Crippen molar-refractivity contribution in [1.29, 1.82) is 0 Å². The van der Waals surface area contributed by atoms with Gasteiger partial charge >= 0.3 is 0 Å². The van der Waals surface area contributed by atoms with Crippen LogP contribution in [0.15, 0.2) is 36.4 Å². The Bertz CT molecular complexity index is 609. The summed E-state index contributed by atoms with van der Waals surface area (Å²) in [7, 11) is 1.56. The third kappa shape index (κ3) is 3.78. The largest absolute Gasteiger partial charge is 0.497 e. The highest BCUT2D eigenvalue weighted by Crippen LogP contribution is 2.20. The second kappa shape index (κ2) is 7.29. The van der Waals surface area contributed by atoms with E-state index in [0.717, 1.165) is 17.7 Å². The Morgan fingerprint density at radius 1 is 1.09 bits per heavy atom. The van der Waals surface area contributed by atoms with Gasteiger partial charge in [0.2, 0.25) is 0 Å². The van der Waals surface area contributed by atoms with Crippen LogP contribution >= 0.6 is 0 Å². The SMILES string of the molecule is COc1ccc(CNC(CO)c2cc(F)c(F)c(F)c2)cc1. The molecule has 0 amide bonds. The first-order valence-corrected chi connectivity index (χ1v) is 6.66. The van der Waals surface area contributed by atoms with Gasteiger partial charge < -0.3 is 15.2 Å². The number of nitrogens with one attached hydrogen (secondary N) is 1. The molecule has 118 valence electrons. The predicted octanol–water partition coefficient (Wildman–Crippen LogP) is 2.94. The van der Waals surface area contributed by atoms with E-state index in [1.54, 1.807) is 19.2 Å². The summed E-state index contributed by atoms with van der Waals surface area (Å²) >= 11 is 0. The molecule has 0 bridgehead atoms. The van der Waals surface area contributed by atoms with Crippen LogP contribution in [-0.2, 0) is 6.54 Å². The molecule has 0 heterocycles. The van der Waals surface area contributed by atoms with Gasteiger partial charge in [0.25, 0.3) is 0 Å². The third-order valence-electron chi connectivity index (χ3n) is 3.30. The second-order valence-corrected chi connectivity index (χ2v) is 4.76. The van der Waals surface area contributed by atoms with E-state index in [1.165, 1.54) is 0 Å². The van der Waals surface area contributed by atoms with E-state index >= 15 is 0 Å². The average Bonchev–Trinajstić information content (AvgIpc) is 2.53. The molecule has 0 spiro atoms. The van der Waals surface area contributed by atoms with Crippen molar-refractivity contribution in [2.45, 2.75) is 12.6 Å². The van der Waals surface area contributed by atoms with Crippen molar-refractivity contribution >= 4 is 0 Å². The van der Waals surface area contributed by atoms with Crippen LogP contribution in [0.2, 0.25) is 0 Å². The number of aliphatic hydroxyl groups is 1. The summed E-state index contributed by atoms with van der Waals surface area (Å²) in [6.07, 6.45) is 0. The first-order chi connectivity index (χ1) is 10.5. The van der Waals surface area contributed by atoms with Gasteiger partial charge in [-0.3, -0.25) is 0 Å². The molecule has 2 rings (SSSR count). The van der Waals surface area contributed by atoms with Crippen LogP contribution in [0, 0.1) is 17.5 Å². The van der Waals surface area contributed by atoms with Crippen LogP contribution in [0.5, 0.6) is 5.75 Å². The molecule has 1 unspecified atom stereocenters. The van der Waals surface area contributed by atoms with Gasteiger partial charge in [-0.25, -0.2) is 13.2 Å². The fourth-order valence-electron chi connectivity index (χ4n) is 2.05. The fraction of sp³-hybridized carbons (Fsp3) is 0.250. The van der Waals surface area contributed by atoms with Crippen molar-refractivity contribution in [3.05, 3.63) is 65.0 Å². The minimum Gasteiger partial charge on any atom is -0.497 e. The zero-order chi connectivity index (χ0) is 16.1. The van der Waals surface area contributed by atoms with Gasteiger partial charge in [-0.15, -0.1) is 0 Å². The smallest absolute Gasteiger partial charge is 0.194 e. The van der Waals surface area contributed by atoms with Crippen LogP contribution in [0.1, 0.15) is 17.2 Å². The molecule has 2 aromatic carbocycles. The molecule has 0 saturated heterocycles. The van der Waals surface area contributed by atoms with Gasteiger partial charge in [0, 0.05) is 6.54 Å². The van der Waals surface area contributed by atoms with Gasteiger partial charge in [-0.2, -0.15) is 0 Å². The Balaban J connectivity index is 2.08. The van der Waals surface area contributed by atoms with E-state index in [9.17, 15) is 18.3 Å². The molecule has 0 aliphatic rings. The van der Waals surface area contributed by atoms with E-state index in [0.29, 0.717) is 12.3 Å². The molecule has 0 aliphatic heterocycles. The van der Waals surface area contributed by atoms with Gasteiger partial charge in [-0.05, 0) is 35.4 Å². The Morgan fingerprint density at radius 2 is 1.68 bits per heavy atom. The summed E-state index contributed by atoms with van der Waals surface area (Å²) in [6.45, 7) is -0.00347. The lowest BCUT2D eigenvalue weighted by Gasteiger charge is -2.17. The van der Waals surface area contributed by atoms with E-state index < -0.39 is 23.5 Å². The maximum absolute atomic E-state index is 13.2. The molecule has 0 saturated carbocycles. The number of hydrogen-bond acceptors (Lipinski definition) is 3. The lowest BCUT2D eigenvalue weighted by atomic mass is 10.1. The molecule has 2 N–H and O–H groups in total. The third-order valence-corrected chi connectivity index (χ3v) is 3.30. The molecule has 6 heteroatoms. The Kier molecular flexibility index (Phi) is 5.41. The maximum atomic E-state index is 13.2. The zero-order valence-corrected chi connectivity index (χ0v) is 11.9. The second-order valence-electron chi connectivity index (χ2n) is 4.76. The maximum Gasteiger partial charge on any atom is 0.194 e. The summed E-state index contributed by atoms with van der Waals surface area (Å²) in [5.41, 5.74) is 1.05. The molecule has 2 aromatic rings. The van der Waals surface area contributed by atoms with Gasteiger partial charge in [0.05, 0.1) is 19.8 Å². The Morgan fingerprint density at radius 3 is 2.18 bits per heavy atom. The normalized spacial score (nSPS) is 12.2. The van der Waals surface area contributed by atoms with E-state index in [1.807, 2.05) is 12.1 Å². The number of methoxy groups -OCH3 is 1. The zero-order valence-electron chi connectivity index (χ0n) is 11.9. The molecular formula is C16H16F3NO2. The van der Waals surface area contributed by atoms with Crippen LogP contribution in [-0.4, -0.2) is 18.8 Å². The quantitative estimate of drug-likeness (QED) is 0.806. The minimum atomic E-state index is -1.52. The number of halogens is 3. The summed E-state index contributed by atoms with van der Waals surface area (Å²) in [5, 5.41) is 12.3. The molecule has 0 radical (unpaired) electrons. The van der Waals surface area contributed by atoms with Crippen molar-refractivity contribution in [3.63, 3.8) is 0 Å². The molecule has 22 heavy (non-hydrogen) atoms. The highest BCUT2D eigenvalue weighted by atomic mass is 19.2. The van der Waals surface area contributed by atoms with E-state index in [2.05, 4.69) is 5.32 Å². The summed E-state index contributed by atoms with van der Waals surface area (Å²) in [4.78, 5) is 0. The topological polar surface area (TPSA) is 41.5 Å². The standard InChI is InChI=1S/C16H16F3NO2/c1-22-12-4-2-10(3-5-12)8-20-15(9-21)11-6-13(17)16(19)14(18)7-11/h2-7,15,20-21H,8-9H2,1H3. The summed E-state index contributed by atoms with van der Waals surface area (Å²) in [5.74, 6) is -3.36. The minimum absolute atomic E-state index is 0.146. The predicted molar refractivity (Wildman–Crippen MR) is 76.0 cm³/mol. The molecule has 1 atom stereocenters. The molecule has 0 fully saturated rings. The van der Waals surface area contributed by atoms with Crippen molar-refractivity contribution in [2.75, 3.05) is 13.7 Å². The molecular weight excluding hydrogens is 295 g/mol.